The Kier molecular flexibility index (Phi) is 2.19. The largest absolute Gasteiger partial charge is 0.492 e. The fourth-order valence-electron chi connectivity index (χ4n) is 1.51. The predicted molar refractivity (Wildman–Crippen MR) is 56.8 cm³/mol. The summed E-state index contributed by atoms with van der Waals surface area (Å²) in [5.41, 5.74) is -0.0892. The van der Waals surface area contributed by atoms with Crippen LogP contribution in [0, 0.1) is 0 Å². The molecule has 0 heterocycles. The zero-order valence-corrected chi connectivity index (χ0v) is 7.86. The number of methoxy groups -OCH3 is 1. The van der Waals surface area contributed by atoms with Crippen molar-refractivity contribution in [2.45, 2.75) is 0 Å². The summed E-state index contributed by atoms with van der Waals surface area (Å²) in [6.45, 7) is 0. The SMILES string of the molecule is COc1c(=O)cccc2ccccc12. The molecule has 0 saturated carbocycles. The van der Waals surface area contributed by atoms with Crippen LogP contribution in [-0.2, 0) is 0 Å². The van der Waals surface area contributed by atoms with Crippen LogP contribution in [-0.4, -0.2) is 7.11 Å². The summed E-state index contributed by atoms with van der Waals surface area (Å²) in [6.07, 6.45) is 0. The Morgan fingerprint density at radius 2 is 1.71 bits per heavy atom. The van der Waals surface area contributed by atoms with E-state index in [0.29, 0.717) is 5.75 Å². The summed E-state index contributed by atoms with van der Waals surface area (Å²) in [4.78, 5) is 11.5. The standard InChI is InChI=1S/C12H10O2/c1-14-12-10-7-3-2-5-9(10)6-4-8-11(12)13/h2-8H,1H3. The minimum Gasteiger partial charge on any atom is -0.492 e. The first kappa shape index (κ1) is 8.75. The summed E-state index contributed by atoms with van der Waals surface area (Å²) < 4.78 is 5.11. The molecule has 2 rings (SSSR count). The molecule has 0 saturated heterocycles. The van der Waals surface area contributed by atoms with Crippen molar-refractivity contribution in [3.05, 3.63) is 52.7 Å². The van der Waals surface area contributed by atoms with Gasteiger partial charge in [0.05, 0.1) is 7.11 Å². The first-order valence-corrected chi connectivity index (χ1v) is 4.39. The van der Waals surface area contributed by atoms with Crippen LogP contribution in [0.25, 0.3) is 10.8 Å². The van der Waals surface area contributed by atoms with Gasteiger partial charge in [-0.1, -0.05) is 36.4 Å². The third-order valence-corrected chi connectivity index (χ3v) is 2.16. The van der Waals surface area contributed by atoms with Gasteiger partial charge >= 0.3 is 0 Å². The molecule has 2 nitrogen and oxygen atoms in total. The molecular weight excluding hydrogens is 176 g/mol. The highest BCUT2D eigenvalue weighted by Crippen LogP contribution is 2.19. The molecule has 0 atom stereocenters. The number of fused-ring (bicyclic) bond motifs is 1. The van der Waals surface area contributed by atoms with Crippen LogP contribution in [0.1, 0.15) is 0 Å². The molecule has 0 spiro atoms. The van der Waals surface area contributed by atoms with E-state index in [1.54, 1.807) is 6.07 Å². The number of rotatable bonds is 1. The van der Waals surface area contributed by atoms with Crippen LogP contribution in [0.3, 0.4) is 0 Å². The molecule has 0 aliphatic heterocycles. The van der Waals surface area contributed by atoms with Gasteiger partial charge in [-0.2, -0.15) is 0 Å². The van der Waals surface area contributed by atoms with Crippen molar-refractivity contribution >= 4 is 10.8 Å². The maximum absolute atomic E-state index is 11.5. The minimum absolute atomic E-state index is 0.0892. The molecule has 0 bridgehead atoms. The average molecular weight is 186 g/mol. The van der Waals surface area contributed by atoms with Crippen LogP contribution in [0.5, 0.6) is 5.75 Å². The quantitative estimate of drug-likeness (QED) is 0.682. The molecule has 0 fully saturated rings. The summed E-state index contributed by atoms with van der Waals surface area (Å²) in [5, 5.41) is 1.86. The third kappa shape index (κ3) is 1.35. The predicted octanol–water partition coefficient (Wildman–Crippen LogP) is 2.21. The number of ether oxygens (including phenoxy) is 1. The molecule has 0 aliphatic carbocycles. The third-order valence-electron chi connectivity index (χ3n) is 2.16. The van der Waals surface area contributed by atoms with Crippen molar-refractivity contribution in [1.29, 1.82) is 0 Å². The van der Waals surface area contributed by atoms with Crippen molar-refractivity contribution in [2.75, 3.05) is 7.11 Å². The highest BCUT2D eigenvalue weighted by molar-refractivity contribution is 5.87. The van der Waals surface area contributed by atoms with Gasteiger partial charge in [0, 0.05) is 5.39 Å². The summed E-state index contributed by atoms with van der Waals surface area (Å²) in [5.74, 6) is 0.408. The first-order chi connectivity index (χ1) is 6.83. The fourth-order valence-corrected chi connectivity index (χ4v) is 1.51. The Morgan fingerprint density at radius 1 is 1.00 bits per heavy atom. The van der Waals surface area contributed by atoms with Crippen molar-refractivity contribution < 1.29 is 4.74 Å². The molecule has 0 unspecified atom stereocenters. The van der Waals surface area contributed by atoms with Gasteiger partial charge in [-0.05, 0) is 11.5 Å². The molecule has 0 N–H and O–H groups in total. The molecule has 2 heteroatoms. The fraction of sp³-hybridized carbons (Fsp3) is 0.0833. The van der Waals surface area contributed by atoms with E-state index in [-0.39, 0.29) is 5.43 Å². The van der Waals surface area contributed by atoms with E-state index in [9.17, 15) is 4.79 Å². The van der Waals surface area contributed by atoms with Gasteiger partial charge in [-0.15, -0.1) is 0 Å². The summed E-state index contributed by atoms with van der Waals surface area (Å²) in [7, 11) is 1.52. The second-order valence-electron chi connectivity index (χ2n) is 3.01. The van der Waals surface area contributed by atoms with Gasteiger partial charge < -0.3 is 4.74 Å². The van der Waals surface area contributed by atoms with E-state index in [2.05, 4.69) is 0 Å². The van der Waals surface area contributed by atoms with E-state index < -0.39 is 0 Å². The number of hydrogen-bond acceptors (Lipinski definition) is 2. The van der Waals surface area contributed by atoms with Gasteiger partial charge in [-0.25, -0.2) is 0 Å². The summed E-state index contributed by atoms with van der Waals surface area (Å²) >= 11 is 0. The van der Waals surface area contributed by atoms with Crippen molar-refractivity contribution in [1.82, 2.24) is 0 Å². The second kappa shape index (κ2) is 3.50. The van der Waals surface area contributed by atoms with Gasteiger partial charge in [-0.3, -0.25) is 4.79 Å². The molecule has 70 valence electrons. The van der Waals surface area contributed by atoms with E-state index in [1.807, 2.05) is 30.3 Å². The molecule has 2 aromatic carbocycles. The maximum atomic E-state index is 11.5. The zero-order valence-electron chi connectivity index (χ0n) is 7.86. The summed E-state index contributed by atoms with van der Waals surface area (Å²) in [6, 6.07) is 12.8. The molecule has 0 aliphatic rings. The van der Waals surface area contributed by atoms with Crippen LogP contribution in [0.4, 0.5) is 0 Å². The minimum atomic E-state index is -0.0892. The smallest absolute Gasteiger partial charge is 0.220 e. The van der Waals surface area contributed by atoms with Crippen LogP contribution >= 0.6 is 0 Å². The van der Waals surface area contributed by atoms with Gasteiger partial charge in [0.15, 0.2) is 5.75 Å². The Morgan fingerprint density at radius 3 is 2.50 bits per heavy atom. The molecule has 2 aromatic rings. The molecule has 0 radical (unpaired) electrons. The van der Waals surface area contributed by atoms with Gasteiger partial charge in [0.1, 0.15) is 0 Å². The van der Waals surface area contributed by atoms with E-state index in [0.717, 1.165) is 10.8 Å². The Labute approximate surface area is 81.8 Å². The monoisotopic (exact) mass is 186 g/mol. The lowest BCUT2D eigenvalue weighted by molar-refractivity contribution is 0.416. The second-order valence-corrected chi connectivity index (χ2v) is 3.01. The lowest BCUT2D eigenvalue weighted by Gasteiger charge is -1.98. The van der Waals surface area contributed by atoms with Crippen molar-refractivity contribution in [3.8, 4) is 5.75 Å². The first-order valence-electron chi connectivity index (χ1n) is 4.39. The molecular formula is C12H10O2. The Bertz CT molecular complexity index is 518. The lowest BCUT2D eigenvalue weighted by atomic mass is 10.2. The van der Waals surface area contributed by atoms with Crippen molar-refractivity contribution in [3.63, 3.8) is 0 Å². The highest BCUT2D eigenvalue weighted by atomic mass is 16.5. The molecule has 14 heavy (non-hydrogen) atoms. The lowest BCUT2D eigenvalue weighted by Crippen LogP contribution is -2.00. The van der Waals surface area contributed by atoms with Gasteiger partial charge in [0.25, 0.3) is 0 Å². The average Bonchev–Trinajstić information content (AvgIpc) is 2.36. The Balaban J connectivity index is 2.99. The van der Waals surface area contributed by atoms with Gasteiger partial charge in [0.2, 0.25) is 5.43 Å². The zero-order chi connectivity index (χ0) is 9.97. The maximum Gasteiger partial charge on any atom is 0.220 e. The van der Waals surface area contributed by atoms with Crippen molar-refractivity contribution in [2.24, 2.45) is 0 Å². The van der Waals surface area contributed by atoms with E-state index >= 15 is 0 Å². The molecule has 0 aromatic heterocycles. The topological polar surface area (TPSA) is 26.3 Å². The highest BCUT2D eigenvalue weighted by Gasteiger charge is 2.01. The van der Waals surface area contributed by atoms with E-state index in [4.69, 9.17) is 4.74 Å². The Hall–Kier alpha value is -1.83. The van der Waals surface area contributed by atoms with Crippen LogP contribution in [0.15, 0.2) is 47.3 Å². The molecule has 0 amide bonds. The normalized spacial score (nSPS) is 10.1. The number of hydrogen-bond donors (Lipinski definition) is 0. The van der Waals surface area contributed by atoms with Crippen LogP contribution < -0.4 is 10.2 Å². The van der Waals surface area contributed by atoms with E-state index in [1.165, 1.54) is 13.2 Å². The van der Waals surface area contributed by atoms with Crippen LogP contribution in [0.2, 0.25) is 0 Å². The number of benzene rings is 1.